The van der Waals surface area contributed by atoms with Crippen LogP contribution in [0.1, 0.15) is 49.8 Å². The van der Waals surface area contributed by atoms with Crippen LogP contribution in [0.3, 0.4) is 0 Å². The summed E-state index contributed by atoms with van der Waals surface area (Å²) < 4.78 is 5.46. The van der Waals surface area contributed by atoms with Crippen molar-refractivity contribution in [1.82, 2.24) is 5.32 Å². The van der Waals surface area contributed by atoms with Crippen LogP contribution in [0.4, 0.5) is 0 Å². The fraction of sp³-hybridized carbons (Fsp3) is 0.476. The van der Waals surface area contributed by atoms with Crippen molar-refractivity contribution in [2.24, 2.45) is 5.92 Å². The minimum absolute atomic E-state index is 0.0112. The van der Waals surface area contributed by atoms with Crippen molar-refractivity contribution in [3.05, 3.63) is 59.0 Å². The highest BCUT2D eigenvalue weighted by molar-refractivity contribution is 6.30. The molecule has 1 amide bonds. The van der Waals surface area contributed by atoms with E-state index < -0.39 is 11.0 Å². The van der Waals surface area contributed by atoms with E-state index in [1.165, 1.54) is 0 Å². The Bertz CT molecular complexity index is 761. The van der Waals surface area contributed by atoms with Crippen molar-refractivity contribution in [3.8, 4) is 0 Å². The maximum absolute atomic E-state index is 13.2. The summed E-state index contributed by atoms with van der Waals surface area (Å²) in [6, 6.07) is 11.1. The molecule has 2 saturated carbocycles. The molecule has 2 aromatic rings. The quantitative estimate of drug-likeness (QED) is 0.799. The second-order valence-corrected chi connectivity index (χ2v) is 8.09. The summed E-state index contributed by atoms with van der Waals surface area (Å²) in [5.74, 6) is 0.666. The van der Waals surface area contributed by atoms with E-state index in [0.717, 1.165) is 44.1 Å². The molecule has 0 saturated heterocycles. The molecular formula is C21H24ClNO3. The zero-order valence-corrected chi connectivity index (χ0v) is 15.5. The maximum Gasteiger partial charge on any atom is 0.230 e. The third kappa shape index (κ3) is 3.06. The van der Waals surface area contributed by atoms with Gasteiger partial charge in [-0.15, -0.1) is 0 Å². The van der Waals surface area contributed by atoms with E-state index in [0.29, 0.717) is 10.8 Å². The lowest BCUT2D eigenvalue weighted by Gasteiger charge is -2.32. The second-order valence-electron chi connectivity index (χ2n) is 7.65. The van der Waals surface area contributed by atoms with E-state index in [4.69, 9.17) is 16.0 Å². The number of benzene rings is 1. The second kappa shape index (κ2) is 6.75. The molecule has 4 rings (SSSR count). The standard InChI is InChI=1S/C21H24ClNO3/c22-17-9-7-15(8-10-17)20(11-1-2-12-20)19(24)23-14-21(25,16-5-6-16)18-4-3-13-26-18/h3-4,7-10,13,16,25H,1-2,5-6,11-12,14H2,(H,23,24). The molecule has 5 heteroatoms. The molecule has 2 N–H and O–H groups in total. The third-order valence-corrected chi connectivity index (χ3v) is 6.26. The van der Waals surface area contributed by atoms with Crippen molar-refractivity contribution in [1.29, 1.82) is 0 Å². The zero-order valence-electron chi connectivity index (χ0n) is 14.7. The first-order valence-corrected chi connectivity index (χ1v) is 9.73. The van der Waals surface area contributed by atoms with Gasteiger partial charge in [-0.05, 0) is 61.4 Å². The molecule has 0 spiro atoms. The van der Waals surface area contributed by atoms with E-state index >= 15 is 0 Å². The Labute approximate surface area is 158 Å². The van der Waals surface area contributed by atoms with Crippen molar-refractivity contribution >= 4 is 17.5 Å². The lowest BCUT2D eigenvalue weighted by Crippen LogP contribution is -2.49. The lowest BCUT2D eigenvalue weighted by molar-refractivity contribution is -0.128. The van der Waals surface area contributed by atoms with E-state index in [1.807, 2.05) is 24.3 Å². The summed E-state index contributed by atoms with van der Waals surface area (Å²) in [5, 5.41) is 14.9. The predicted molar refractivity (Wildman–Crippen MR) is 99.9 cm³/mol. The van der Waals surface area contributed by atoms with Crippen molar-refractivity contribution < 1.29 is 14.3 Å². The van der Waals surface area contributed by atoms with Crippen LogP contribution in [0, 0.1) is 5.92 Å². The van der Waals surface area contributed by atoms with Gasteiger partial charge in [-0.1, -0.05) is 36.6 Å². The van der Waals surface area contributed by atoms with Crippen molar-refractivity contribution in [2.75, 3.05) is 6.54 Å². The first kappa shape index (κ1) is 17.6. The Kier molecular flexibility index (Phi) is 4.57. The van der Waals surface area contributed by atoms with Crippen LogP contribution in [-0.4, -0.2) is 17.6 Å². The first-order chi connectivity index (χ1) is 12.5. The fourth-order valence-corrected chi connectivity index (χ4v) is 4.42. The monoisotopic (exact) mass is 373 g/mol. The molecule has 1 aromatic heterocycles. The third-order valence-electron chi connectivity index (χ3n) is 6.01. The van der Waals surface area contributed by atoms with E-state index in [9.17, 15) is 9.90 Å². The molecule has 1 atom stereocenters. The summed E-state index contributed by atoms with van der Waals surface area (Å²) >= 11 is 6.02. The van der Waals surface area contributed by atoms with Gasteiger partial charge >= 0.3 is 0 Å². The average molecular weight is 374 g/mol. The van der Waals surface area contributed by atoms with Gasteiger partial charge in [-0.25, -0.2) is 0 Å². The number of furan rings is 1. The van der Waals surface area contributed by atoms with Crippen LogP contribution >= 0.6 is 11.6 Å². The first-order valence-electron chi connectivity index (χ1n) is 9.35. The number of rotatable bonds is 6. The zero-order chi connectivity index (χ0) is 18.2. The molecule has 1 aromatic carbocycles. The maximum atomic E-state index is 13.2. The van der Waals surface area contributed by atoms with Crippen LogP contribution in [0.15, 0.2) is 47.1 Å². The van der Waals surface area contributed by atoms with Crippen molar-refractivity contribution in [3.63, 3.8) is 0 Å². The van der Waals surface area contributed by atoms with Crippen LogP contribution in [0.5, 0.6) is 0 Å². The van der Waals surface area contributed by atoms with Gasteiger partial charge in [0.05, 0.1) is 18.2 Å². The number of amides is 1. The number of carbonyl (C=O) groups excluding carboxylic acids is 1. The van der Waals surface area contributed by atoms with Gasteiger partial charge in [0, 0.05) is 5.02 Å². The van der Waals surface area contributed by atoms with Crippen LogP contribution in [0.25, 0.3) is 0 Å². The van der Waals surface area contributed by atoms with Crippen molar-refractivity contribution in [2.45, 2.75) is 49.5 Å². The van der Waals surface area contributed by atoms with Crippen LogP contribution < -0.4 is 5.32 Å². The molecule has 0 aliphatic heterocycles. The van der Waals surface area contributed by atoms with Gasteiger partial charge in [0.25, 0.3) is 0 Å². The normalized spacial score (nSPS) is 21.3. The molecule has 4 nitrogen and oxygen atoms in total. The van der Waals surface area contributed by atoms with Gasteiger partial charge in [0.15, 0.2) is 0 Å². The lowest BCUT2D eigenvalue weighted by atomic mass is 9.77. The van der Waals surface area contributed by atoms with Gasteiger partial charge in [0.2, 0.25) is 5.91 Å². The molecule has 2 fully saturated rings. The molecule has 2 aliphatic rings. The molecule has 0 radical (unpaired) electrons. The van der Waals surface area contributed by atoms with Gasteiger partial charge in [0.1, 0.15) is 11.4 Å². The smallest absolute Gasteiger partial charge is 0.230 e. The molecule has 1 unspecified atom stereocenters. The van der Waals surface area contributed by atoms with Gasteiger partial charge in [-0.3, -0.25) is 4.79 Å². The minimum atomic E-state index is -1.13. The summed E-state index contributed by atoms with van der Waals surface area (Å²) in [4.78, 5) is 13.2. The van der Waals surface area contributed by atoms with Crippen LogP contribution in [-0.2, 0) is 15.8 Å². The molecule has 138 valence electrons. The fourth-order valence-electron chi connectivity index (χ4n) is 4.30. The molecule has 0 bridgehead atoms. The van der Waals surface area contributed by atoms with E-state index in [1.54, 1.807) is 18.4 Å². The van der Waals surface area contributed by atoms with E-state index in [-0.39, 0.29) is 18.4 Å². The summed E-state index contributed by atoms with van der Waals surface area (Å²) in [6.45, 7) is 0.180. The Morgan fingerprint density at radius 2 is 1.92 bits per heavy atom. The Hall–Kier alpha value is -1.78. The number of nitrogens with one attached hydrogen (secondary N) is 1. The predicted octanol–water partition coefficient (Wildman–Crippen LogP) is 4.16. The van der Waals surface area contributed by atoms with Gasteiger partial charge < -0.3 is 14.8 Å². The number of carbonyl (C=O) groups is 1. The van der Waals surface area contributed by atoms with E-state index in [2.05, 4.69) is 5.32 Å². The summed E-state index contributed by atoms with van der Waals surface area (Å²) in [6.07, 6.45) is 7.18. The highest BCUT2D eigenvalue weighted by Crippen LogP contribution is 2.46. The SMILES string of the molecule is O=C(NCC(O)(c1ccco1)C1CC1)C1(c2ccc(Cl)cc2)CCCC1. The number of halogens is 1. The summed E-state index contributed by atoms with van der Waals surface area (Å²) in [7, 11) is 0. The number of hydrogen-bond donors (Lipinski definition) is 2. The Morgan fingerprint density at radius 3 is 2.50 bits per heavy atom. The molecular weight excluding hydrogens is 350 g/mol. The highest BCUT2D eigenvalue weighted by Gasteiger charge is 2.49. The minimum Gasteiger partial charge on any atom is -0.466 e. The Balaban J connectivity index is 1.55. The summed E-state index contributed by atoms with van der Waals surface area (Å²) in [5.41, 5.74) is -0.651. The molecule has 26 heavy (non-hydrogen) atoms. The highest BCUT2D eigenvalue weighted by atomic mass is 35.5. The van der Waals surface area contributed by atoms with Crippen LogP contribution in [0.2, 0.25) is 5.02 Å². The Morgan fingerprint density at radius 1 is 1.23 bits per heavy atom. The number of aliphatic hydroxyl groups is 1. The molecule has 2 aliphatic carbocycles. The average Bonchev–Trinajstić information content (AvgIpc) is 3.15. The largest absolute Gasteiger partial charge is 0.466 e. The van der Waals surface area contributed by atoms with Gasteiger partial charge in [-0.2, -0.15) is 0 Å². The molecule has 1 heterocycles. The number of hydrogen-bond acceptors (Lipinski definition) is 3. The topological polar surface area (TPSA) is 62.5 Å².